The number of ether oxygens (including phenoxy) is 1. The molecule has 0 bridgehead atoms. The molecule has 322 valence electrons. The van der Waals surface area contributed by atoms with E-state index in [1.165, 1.54) is 0 Å². The summed E-state index contributed by atoms with van der Waals surface area (Å²) < 4.78 is 32.7. The second-order valence-electron chi connectivity index (χ2n) is 16.3. The summed E-state index contributed by atoms with van der Waals surface area (Å²) >= 11 is 0. The molecule has 0 saturated carbocycles. The van der Waals surface area contributed by atoms with E-state index in [0.29, 0.717) is 44.1 Å². The number of aromatic amines is 2. The van der Waals surface area contributed by atoms with Gasteiger partial charge in [0.05, 0.1) is 55.3 Å². The van der Waals surface area contributed by atoms with E-state index >= 15 is 0 Å². The van der Waals surface area contributed by atoms with Gasteiger partial charge in [0.25, 0.3) is 0 Å². The van der Waals surface area contributed by atoms with Crippen molar-refractivity contribution in [2.24, 2.45) is 0 Å². The first-order valence-corrected chi connectivity index (χ1v) is 23.4. The van der Waals surface area contributed by atoms with Crippen LogP contribution in [0, 0.1) is 11.8 Å². The Kier molecular flexibility index (Phi) is 12.3. The molecular weight excluding hydrogens is 813 g/mol. The van der Waals surface area contributed by atoms with Crippen LogP contribution in [0.2, 0.25) is 0 Å². The van der Waals surface area contributed by atoms with Crippen LogP contribution in [-0.4, -0.2) is 101 Å². The van der Waals surface area contributed by atoms with Crippen LogP contribution in [0.3, 0.4) is 0 Å². The van der Waals surface area contributed by atoms with Crippen LogP contribution < -0.4 is 4.72 Å². The molecule has 4 unspecified atom stereocenters. The molecule has 0 aliphatic carbocycles. The van der Waals surface area contributed by atoms with Gasteiger partial charge >= 0.3 is 0 Å². The zero-order chi connectivity index (χ0) is 43.3. The van der Waals surface area contributed by atoms with Crippen molar-refractivity contribution in [1.29, 1.82) is 0 Å². The minimum absolute atomic E-state index is 0.110. The topological polar surface area (TPSA) is 157 Å². The van der Waals surface area contributed by atoms with Gasteiger partial charge in [-0.2, -0.15) is 4.72 Å². The van der Waals surface area contributed by atoms with Gasteiger partial charge in [-0.3, -0.25) is 14.5 Å². The number of hydrogen-bond acceptors (Lipinski definition) is 8. The molecule has 0 spiro atoms. The average Bonchev–Trinajstić information content (AvgIpc) is 4.16. The van der Waals surface area contributed by atoms with Gasteiger partial charge in [-0.15, -0.1) is 0 Å². The number of benzene rings is 4. The second kappa shape index (κ2) is 18.5. The van der Waals surface area contributed by atoms with E-state index in [0.717, 1.165) is 83.6 Å². The number of H-pyrrole nitrogens is 2. The maximum atomic E-state index is 14.3. The maximum absolute atomic E-state index is 14.3. The van der Waals surface area contributed by atoms with E-state index in [2.05, 4.69) is 36.4 Å². The number of amides is 2. The summed E-state index contributed by atoms with van der Waals surface area (Å²) in [5, 5.41) is 0. The van der Waals surface area contributed by atoms with Crippen LogP contribution in [0.15, 0.2) is 122 Å². The molecule has 2 amide bonds. The quantitative estimate of drug-likeness (QED) is 0.124. The van der Waals surface area contributed by atoms with Gasteiger partial charge < -0.3 is 24.5 Å². The highest BCUT2D eigenvalue weighted by atomic mass is 32.2. The maximum Gasteiger partial charge on any atom is 0.245 e. The van der Waals surface area contributed by atoms with Crippen molar-refractivity contribution in [1.82, 2.24) is 39.4 Å². The molecular formula is C49H50N8O5S. The molecule has 6 aromatic rings. The molecule has 4 aromatic carbocycles. The number of likely N-dealkylation sites (tertiary alicyclic amines) is 2. The van der Waals surface area contributed by atoms with Gasteiger partial charge in [-0.05, 0) is 72.2 Å². The summed E-state index contributed by atoms with van der Waals surface area (Å²) in [4.78, 5) is 50.5. The number of rotatable bonds is 11. The summed E-state index contributed by atoms with van der Waals surface area (Å²) in [6, 6.07) is 33.1. The molecule has 3 fully saturated rings. The summed E-state index contributed by atoms with van der Waals surface area (Å²) in [5.41, 5.74) is 6.94. The first-order chi connectivity index (χ1) is 30.7. The van der Waals surface area contributed by atoms with Crippen LogP contribution in [0.25, 0.3) is 22.5 Å². The highest BCUT2D eigenvalue weighted by Gasteiger charge is 2.40. The zero-order valence-electron chi connectivity index (χ0n) is 35.1. The van der Waals surface area contributed by atoms with Crippen molar-refractivity contribution in [2.45, 2.75) is 49.9 Å². The summed E-state index contributed by atoms with van der Waals surface area (Å²) in [7, 11) is -3.66. The van der Waals surface area contributed by atoms with Gasteiger partial charge in [-0.25, -0.2) is 18.4 Å². The molecule has 3 aliphatic heterocycles. The predicted octanol–water partition coefficient (Wildman–Crippen LogP) is 6.56. The minimum Gasteiger partial charge on any atom is -0.379 e. The van der Waals surface area contributed by atoms with Crippen molar-refractivity contribution >= 4 is 21.8 Å². The first kappa shape index (κ1) is 42.0. The Hall–Kier alpha value is -6.37. The van der Waals surface area contributed by atoms with E-state index in [-0.39, 0.29) is 29.9 Å². The summed E-state index contributed by atoms with van der Waals surface area (Å²) in [6.45, 7) is 3.88. The number of carbonyl (C=O) groups is 2. The Bertz CT molecular complexity index is 2700. The third-order valence-electron chi connectivity index (χ3n) is 12.1. The molecule has 2 aromatic heterocycles. The fourth-order valence-corrected chi connectivity index (χ4v) is 9.63. The number of hydrogen-bond donors (Lipinski definition) is 3. The standard InChI is InChI=1S/C49H50N8O5S/c1-63(60,61)54-44(38-10-4-2-5-11-38)48(58)56-26-8-14-42(56)46-50-32-40(52-46)36-22-18-34(19-23-36)16-17-35-20-24-37(25-21-35)41-33-51-47(53-41)43-15-9-27-57(43)49(59)45(39-12-6-3-7-13-39)55-28-30-62-31-29-55/h2-7,10-13,18-25,32-33,42-45,54H,8-9,14-15,26-31H2,1H3,(H,50,52)(H,51,53). The smallest absolute Gasteiger partial charge is 0.245 e. The summed E-state index contributed by atoms with van der Waals surface area (Å²) in [5.74, 6) is 7.81. The van der Waals surface area contributed by atoms with Crippen LogP contribution in [-0.2, 0) is 24.3 Å². The summed E-state index contributed by atoms with van der Waals surface area (Å²) in [6.07, 6.45) is 7.95. The fourth-order valence-electron chi connectivity index (χ4n) is 8.97. The Labute approximate surface area is 368 Å². The molecule has 9 rings (SSSR count). The van der Waals surface area contributed by atoms with E-state index in [9.17, 15) is 18.0 Å². The lowest BCUT2D eigenvalue weighted by Gasteiger charge is -2.37. The van der Waals surface area contributed by atoms with Crippen LogP contribution >= 0.6 is 0 Å². The number of aromatic nitrogens is 4. The van der Waals surface area contributed by atoms with Gasteiger partial charge in [0.15, 0.2) is 0 Å². The number of carbonyl (C=O) groups excluding carboxylic acids is 2. The predicted molar refractivity (Wildman–Crippen MR) is 240 cm³/mol. The molecule has 3 aliphatic rings. The molecule has 63 heavy (non-hydrogen) atoms. The molecule has 0 radical (unpaired) electrons. The Balaban J connectivity index is 0.838. The van der Waals surface area contributed by atoms with Crippen LogP contribution in [0.1, 0.15) is 83.8 Å². The minimum atomic E-state index is -3.66. The van der Waals surface area contributed by atoms with E-state index < -0.39 is 16.1 Å². The molecule has 3 N–H and O–H groups in total. The highest BCUT2D eigenvalue weighted by molar-refractivity contribution is 7.88. The van der Waals surface area contributed by atoms with Crippen molar-refractivity contribution < 1.29 is 22.7 Å². The Morgan fingerprint density at radius 2 is 1.14 bits per heavy atom. The van der Waals surface area contributed by atoms with Crippen molar-refractivity contribution in [3.8, 4) is 34.4 Å². The highest BCUT2D eigenvalue weighted by Crippen LogP contribution is 2.37. The number of morpholine rings is 1. The molecule has 4 atom stereocenters. The Morgan fingerprint density at radius 3 is 1.63 bits per heavy atom. The van der Waals surface area contributed by atoms with Crippen molar-refractivity contribution in [2.75, 3.05) is 45.6 Å². The molecule has 13 nitrogen and oxygen atoms in total. The Morgan fingerprint density at radius 1 is 0.667 bits per heavy atom. The zero-order valence-corrected chi connectivity index (χ0v) is 35.9. The molecule has 14 heteroatoms. The SMILES string of the molecule is CS(=O)(=O)NC(C(=O)N1CCCC1c1ncc(-c2ccc(C#Cc3ccc(-c4cnc(C5CCCN5C(=O)C(c5ccccc5)N5CCOCC5)[nH]4)cc3)cc2)[nH]1)c1ccccc1. The van der Waals surface area contributed by atoms with Gasteiger partial charge in [-0.1, -0.05) is 96.8 Å². The lowest BCUT2D eigenvalue weighted by molar-refractivity contribution is -0.140. The number of sulfonamides is 1. The third kappa shape index (κ3) is 9.52. The number of nitrogens with one attached hydrogen (secondary N) is 3. The van der Waals surface area contributed by atoms with Crippen LogP contribution in [0.4, 0.5) is 0 Å². The van der Waals surface area contributed by atoms with E-state index in [1.54, 1.807) is 35.4 Å². The average molecular weight is 863 g/mol. The van der Waals surface area contributed by atoms with Gasteiger partial charge in [0, 0.05) is 37.3 Å². The monoisotopic (exact) mass is 862 g/mol. The van der Waals surface area contributed by atoms with E-state index in [4.69, 9.17) is 9.72 Å². The molecule has 3 saturated heterocycles. The van der Waals surface area contributed by atoms with Gasteiger partial charge in [0.2, 0.25) is 21.8 Å². The second-order valence-corrected chi connectivity index (χ2v) is 18.1. The number of imidazole rings is 2. The lowest BCUT2D eigenvalue weighted by atomic mass is 10.0. The van der Waals surface area contributed by atoms with E-state index in [1.807, 2.05) is 96.0 Å². The normalized spacial score (nSPS) is 19.1. The number of nitrogens with zero attached hydrogens (tertiary/aromatic N) is 5. The largest absolute Gasteiger partial charge is 0.379 e. The first-order valence-electron chi connectivity index (χ1n) is 21.5. The van der Waals surface area contributed by atoms with Crippen molar-refractivity contribution in [3.63, 3.8) is 0 Å². The van der Waals surface area contributed by atoms with Gasteiger partial charge in [0.1, 0.15) is 23.7 Å². The molecule has 5 heterocycles. The lowest BCUT2D eigenvalue weighted by Crippen LogP contribution is -2.47. The third-order valence-corrected chi connectivity index (χ3v) is 12.8. The fraction of sp³-hybridized carbons (Fsp3) is 0.306. The van der Waals surface area contributed by atoms with Crippen molar-refractivity contribution in [3.05, 3.63) is 155 Å². The van der Waals surface area contributed by atoms with Crippen LogP contribution in [0.5, 0.6) is 0 Å².